The van der Waals surface area contributed by atoms with E-state index in [0.29, 0.717) is 18.9 Å². The number of hydrogen-bond donors (Lipinski definition) is 3. The number of fused-ring (bicyclic) bond motifs is 2. The molecule has 0 atom stereocenters. The summed E-state index contributed by atoms with van der Waals surface area (Å²) >= 11 is 0. The van der Waals surface area contributed by atoms with E-state index < -0.39 is 57.3 Å². The summed E-state index contributed by atoms with van der Waals surface area (Å²) in [5.74, 6) is -5.25. The first-order valence-electron chi connectivity index (χ1n) is 12.0. The summed E-state index contributed by atoms with van der Waals surface area (Å²) < 4.78 is 28.4. The standard InChI is InChI=1S/C25H29F2N5O6/c1-30(2)21(37)22(38)31(3)25-8-6-24(13-33,7-9-25)12-32-20(36)18(34)17(29-23(25)32)19(35)28-11-14-4-5-15(26)10-16(14)27/h4-5,10,33-34H,6-9,11-13H2,1-3H3,(H,28,35). The number of halogens is 2. The summed E-state index contributed by atoms with van der Waals surface area (Å²) in [5.41, 5.74) is -3.60. The van der Waals surface area contributed by atoms with Crippen LogP contribution in [-0.2, 0) is 28.2 Å². The third-order valence-electron chi connectivity index (χ3n) is 7.73. The Balaban J connectivity index is 1.79. The predicted octanol–water partition coefficient (Wildman–Crippen LogP) is 0.465. The zero-order valence-electron chi connectivity index (χ0n) is 21.3. The smallest absolute Gasteiger partial charge is 0.312 e. The van der Waals surface area contributed by atoms with Gasteiger partial charge in [-0.05, 0) is 31.7 Å². The van der Waals surface area contributed by atoms with Crippen molar-refractivity contribution in [3.8, 4) is 5.75 Å². The van der Waals surface area contributed by atoms with Crippen LogP contribution in [0.3, 0.4) is 0 Å². The number of hydrogen-bond acceptors (Lipinski definition) is 7. The fourth-order valence-corrected chi connectivity index (χ4v) is 5.26. The fraction of sp³-hybridized carbons (Fsp3) is 0.480. The highest BCUT2D eigenvalue weighted by Gasteiger charge is 2.54. The number of aromatic nitrogens is 2. The van der Waals surface area contributed by atoms with E-state index in [1.807, 2.05) is 0 Å². The maximum Gasteiger partial charge on any atom is 0.312 e. The molecule has 204 valence electrons. The molecule has 0 unspecified atom stereocenters. The van der Waals surface area contributed by atoms with E-state index in [1.54, 1.807) is 0 Å². The van der Waals surface area contributed by atoms with Gasteiger partial charge in [0.15, 0.2) is 5.69 Å². The lowest BCUT2D eigenvalue weighted by Gasteiger charge is -2.46. The van der Waals surface area contributed by atoms with Crippen LogP contribution in [0.1, 0.15) is 47.6 Å². The summed E-state index contributed by atoms with van der Waals surface area (Å²) in [7, 11) is 4.27. The molecule has 38 heavy (non-hydrogen) atoms. The van der Waals surface area contributed by atoms with E-state index in [4.69, 9.17) is 0 Å². The normalized spacial score (nSPS) is 21.8. The van der Waals surface area contributed by atoms with E-state index in [9.17, 15) is 38.2 Å². The van der Waals surface area contributed by atoms with Crippen molar-refractivity contribution in [2.45, 2.75) is 44.3 Å². The van der Waals surface area contributed by atoms with E-state index in [0.717, 1.165) is 21.6 Å². The molecule has 3 heterocycles. The fourth-order valence-electron chi connectivity index (χ4n) is 5.26. The molecule has 2 aliphatic heterocycles. The third-order valence-corrected chi connectivity index (χ3v) is 7.73. The second-order valence-electron chi connectivity index (χ2n) is 10.2. The molecule has 3 N–H and O–H groups in total. The van der Waals surface area contributed by atoms with Gasteiger partial charge in [0.05, 0.1) is 6.61 Å². The van der Waals surface area contributed by atoms with Gasteiger partial charge in [-0.2, -0.15) is 0 Å². The Hall–Kier alpha value is -3.87. The molecule has 1 aliphatic carbocycles. The van der Waals surface area contributed by atoms with E-state index in [1.165, 1.54) is 26.0 Å². The molecule has 0 radical (unpaired) electrons. The zero-order chi connectivity index (χ0) is 28.0. The summed E-state index contributed by atoms with van der Waals surface area (Å²) in [4.78, 5) is 58.7. The van der Waals surface area contributed by atoms with E-state index >= 15 is 0 Å². The third kappa shape index (κ3) is 4.40. The number of carbonyl (C=O) groups excluding carboxylic acids is 3. The Morgan fingerprint density at radius 1 is 1.11 bits per heavy atom. The van der Waals surface area contributed by atoms with Gasteiger partial charge in [0.2, 0.25) is 5.75 Å². The SMILES string of the molecule is CN(C)C(=O)C(=O)N(C)C12CCC(CO)(CC1)Cn1c2nc(C(=O)NCc2ccc(F)cc2F)c(O)c1=O. The van der Waals surface area contributed by atoms with Gasteiger partial charge >= 0.3 is 11.8 Å². The lowest BCUT2D eigenvalue weighted by molar-refractivity contribution is -0.155. The van der Waals surface area contributed by atoms with Crippen molar-refractivity contribution in [2.24, 2.45) is 5.41 Å². The quantitative estimate of drug-likeness (QED) is 0.474. The second-order valence-corrected chi connectivity index (χ2v) is 10.2. The van der Waals surface area contributed by atoms with Gasteiger partial charge in [-0.25, -0.2) is 13.8 Å². The molecule has 11 nitrogen and oxygen atoms in total. The number of carbonyl (C=O) groups is 3. The van der Waals surface area contributed by atoms with Crippen molar-refractivity contribution >= 4 is 17.7 Å². The minimum Gasteiger partial charge on any atom is -0.501 e. The summed E-state index contributed by atoms with van der Waals surface area (Å²) in [5, 5.41) is 23.2. The number of likely N-dealkylation sites (N-methyl/N-ethyl adjacent to an activating group) is 2. The minimum absolute atomic E-state index is 0.00762. The maximum atomic E-state index is 14.0. The highest BCUT2D eigenvalue weighted by molar-refractivity contribution is 6.34. The number of aromatic hydroxyl groups is 1. The monoisotopic (exact) mass is 533 g/mol. The van der Waals surface area contributed by atoms with Crippen molar-refractivity contribution in [3.63, 3.8) is 0 Å². The predicted molar refractivity (Wildman–Crippen MR) is 129 cm³/mol. The van der Waals surface area contributed by atoms with Crippen LogP contribution in [0.2, 0.25) is 0 Å². The number of benzene rings is 1. The highest BCUT2D eigenvalue weighted by atomic mass is 19.1. The summed E-state index contributed by atoms with van der Waals surface area (Å²) in [6, 6.07) is 2.83. The number of nitrogens with zero attached hydrogens (tertiary/aromatic N) is 4. The molecule has 13 heteroatoms. The Morgan fingerprint density at radius 2 is 1.76 bits per heavy atom. The topological polar surface area (TPSA) is 145 Å². The maximum absolute atomic E-state index is 14.0. The molecule has 0 saturated heterocycles. The molecule has 1 aromatic heterocycles. The molecule has 2 bridgehead atoms. The molecular weight excluding hydrogens is 504 g/mol. The number of aliphatic hydroxyl groups is 1. The summed E-state index contributed by atoms with van der Waals surface area (Å²) in [6.45, 7) is -0.638. The Kier molecular flexibility index (Phi) is 6.99. The van der Waals surface area contributed by atoms with Crippen molar-refractivity contribution < 1.29 is 33.4 Å². The Bertz CT molecular complexity index is 1370. The number of aliphatic hydroxyl groups excluding tert-OH is 1. The van der Waals surface area contributed by atoms with Crippen molar-refractivity contribution in [1.82, 2.24) is 24.7 Å². The molecule has 1 saturated carbocycles. The van der Waals surface area contributed by atoms with Crippen LogP contribution >= 0.6 is 0 Å². The first-order chi connectivity index (χ1) is 17.9. The van der Waals surface area contributed by atoms with Crippen LogP contribution in [0.4, 0.5) is 8.78 Å². The van der Waals surface area contributed by atoms with Gasteiger partial charge in [0, 0.05) is 51.3 Å². The van der Waals surface area contributed by atoms with Crippen LogP contribution in [-0.4, -0.2) is 75.0 Å². The largest absolute Gasteiger partial charge is 0.501 e. The van der Waals surface area contributed by atoms with Crippen LogP contribution in [0.5, 0.6) is 5.75 Å². The molecule has 2 aromatic rings. The molecule has 0 spiro atoms. The Morgan fingerprint density at radius 3 is 2.34 bits per heavy atom. The molecule has 1 fully saturated rings. The van der Waals surface area contributed by atoms with Gasteiger partial charge < -0.3 is 25.3 Å². The van der Waals surface area contributed by atoms with Crippen LogP contribution in [0.25, 0.3) is 0 Å². The van der Waals surface area contributed by atoms with Crippen LogP contribution < -0.4 is 10.9 Å². The zero-order valence-corrected chi connectivity index (χ0v) is 21.3. The van der Waals surface area contributed by atoms with Gasteiger partial charge in [-0.3, -0.25) is 23.7 Å². The average molecular weight is 534 g/mol. The Labute approximate surface area is 216 Å². The molecular formula is C25H29F2N5O6. The van der Waals surface area contributed by atoms with Gasteiger partial charge in [-0.15, -0.1) is 0 Å². The minimum atomic E-state index is -1.27. The lowest BCUT2D eigenvalue weighted by atomic mass is 9.68. The molecule has 1 aromatic carbocycles. The second kappa shape index (κ2) is 9.78. The lowest BCUT2D eigenvalue weighted by Crippen LogP contribution is -2.54. The van der Waals surface area contributed by atoms with Gasteiger partial charge in [-0.1, -0.05) is 6.07 Å². The van der Waals surface area contributed by atoms with E-state index in [-0.39, 0.29) is 43.9 Å². The molecule has 3 amide bonds. The molecule has 3 aliphatic rings. The number of rotatable bonds is 5. The van der Waals surface area contributed by atoms with Gasteiger partial charge in [0.25, 0.3) is 11.5 Å². The molecule has 5 rings (SSSR count). The first kappa shape index (κ1) is 27.2. The van der Waals surface area contributed by atoms with Crippen molar-refractivity contribution in [1.29, 1.82) is 0 Å². The summed E-state index contributed by atoms with van der Waals surface area (Å²) in [6.07, 6.45) is 1.28. The van der Waals surface area contributed by atoms with Crippen molar-refractivity contribution in [2.75, 3.05) is 27.7 Å². The van der Waals surface area contributed by atoms with Crippen LogP contribution in [0.15, 0.2) is 23.0 Å². The van der Waals surface area contributed by atoms with Crippen LogP contribution in [0, 0.1) is 17.0 Å². The average Bonchev–Trinajstić information content (AvgIpc) is 3.13. The number of amides is 3. The van der Waals surface area contributed by atoms with E-state index in [2.05, 4.69) is 10.3 Å². The number of nitrogens with one attached hydrogen (secondary N) is 1. The highest BCUT2D eigenvalue weighted by Crippen LogP contribution is 2.51. The van der Waals surface area contributed by atoms with Gasteiger partial charge in [0.1, 0.15) is 23.0 Å². The van der Waals surface area contributed by atoms with Crippen molar-refractivity contribution in [3.05, 3.63) is 57.3 Å². The first-order valence-corrected chi connectivity index (χ1v) is 12.0.